The number of ketones is 1. The van der Waals surface area contributed by atoms with Gasteiger partial charge in [0.05, 0.1) is 0 Å². The molecule has 0 heterocycles. The van der Waals surface area contributed by atoms with Crippen molar-refractivity contribution in [1.82, 2.24) is 0 Å². The number of allylic oxidation sites excluding steroid dienone is 5. The monoisotopic (exact) mass is 314 g/mol. The largest absolute Gasteiger partial charge is 0.289 e. The van der Waals surface area contributed by atoms with Gasteiger partial charge in [-0.25, -0.2) is 0 Å². The van der Waals surface area contributed by atoms with Crippen LogP contribution in [-0.4, -0.2) is 5.78 Å². The summed E-state index contributed by atoms with van der Waals surface area (Å²) in [7, 11) is 0. The van der Waals surface area contributed by atoms with E-state index in [9.17, 15) is 4.79 Å². The van der Waals surface area contributed by atoms with Gasteiger partial charge in [-0.1, -0.05) is 60.7 Å². The zero-order valence-corrected chi connectivity index (χ0v) is 14.7. The molecule has 1 nitrogen and oxygen atoms in total. The fraction of sp³-hybridized carbons (Fsp3) is 0.174. The van der Waals surface area contributed by atoms with Gasteiger partial charge in [-0.05, 0) is 61.1 Å². The third-order valence-corrected chi connectivity index (χ3v) is 4.93. The average Bonchev–Trinajstić information content (AvgIpc) is 2.63. The predicted octanol–water partition coefficient (Wildman–Crippen LogP) is 5.74. The highest BCUT2D eigenvalue weighted by molar-refractivity contribution is 6.12. The molecule has 0 aromatic heterocycles. The summed E-state index contributed by atoms with van der Waals surface area (Å²) in [6.07, 6.45) is 0. The minimum Gasteiger partial charge on any atom is -0.289 e. The standard InChI is InChI=1S/C23H22O/c1-15-17(3)23(24)18(4)16(2)21(15)22(19-11-7-5-8-12-19)20-13-9-6-10-14-20/h5-14H,1-4H3. The molecule has 24 heavy (non-hydrogen) atoms. The van der Waals surface area contributed by atoms with Gasteiger partial charge in [0.25, 0.3) is 0 Å². The average molecular weight is 314 g/mol. The number of hydrogen-bond acceptors (Lipinski definition) is 1. The molecule has 0 unspecified atom stereocenters. The van der Waals surface area contributed by atoms with E-state index in [0.29, 0.717) is 0 Å². The van der Waals surface area contributed by atoms with Gasteiger partial charge in [-0.2, -0.15) is 0 Å². The van der Waals surface area contributed by atoms with E-state index in [2.05, 4.69) is 62.4 Å². The Morgan fingerprint density at radius 1 is 0.583 bits per heavy atom. The van der Waals surface area contributed by atoms with E-state index < -0.39 is 0 Å². The zero-order valence-electron chi connectivity index (χ0n) is 14.7. The summed E-state index contributed by atoms with van der Waals surface area (Å²) in [5.41, 5.74) is 8.56. The van der Waals surface area contributed by atoms with Crippen molar-refractivity contribution in [3.8, 4) is 0 Å². The maximum atomic E-state index is 12.4. The molecule has 1 aliphatic carbocycles. The van der Waals surface area contributed by atoms with Crippen molar-refractivity contribution in [2.24, 2.45) is 0 Å². The van der Waals surface area contributed by atoms with Crippen LogP contribution in [0.15, 0.2) is 88.5 Å². The summed E-state index contributed by atoms with van der Waals surface area (Å²) in [6, 6.07) is 20.8. The lowest BCUT2D eigenvalue weighted by Crippen LogP contribution is -2.15. The Hall–Kier alpha value is -2.67. The number of hydrogen-bond donors (Lipinski definition) is 0. The highest BCUT2D eigenvalue weighted by Gasteiger charge is 2.25. The molecule has 1 aliphatic rings. The molecule has 120 valence electrons. The lowest BCUT2D eigenvalue weighted by atomic mass is 9.78. The van der Waals surface area contributed by atoms with Crippen molar-refractivity contribution in [2.45, 2.75) is 27.7 Å². The third-order valence-electron chi connectivity index (χ3n) is 4.93. The van der Waals surface area contributed by atoms with Gasteiger partial charge < -0.3 is 0 Å². The van der Waals surface area contributed by atoms with Crippen molar-refractivity contribution in [1.29, 1.82) is 0 Å². The van der Waals surface area contributed by atoms with Gasteiger partial charge in [-0.15, -0.1) is 0 Å². The van der Waals surface area contributed by atoms with Crippen LogP contribution >= 0.6 is 0 Å². The number of carbonyl (C=O) groups excluding carboxylic acids is 1. The van der Waals surface area contributed by atoms with Crippen LogP contribution < -0.4 is 0 Å². The second-order valence-electron chi connectivity index (χ2n) is 6.31. The highest BCUT2D eigenvalue weighted by atomic mass is 16.1. The molecule has 0 aliphatic heterocycles. The molecule has 0 radical (unpaired) electrons. The maximum absolute atomic E-state index is 12.4. The van der Waals surface area contributed by atoms with Crippen LogP contribution in [0.25, 0.3) is 5.57 Å². The molecule has 0 saturated carbocycles. The molecule has 3 rings (SSSR count). The maximum Gasteiger partial charge on any atom is 0.184 e. The predicted molar refractivity (Wildman–Crippen MR) is 101 cm³/mol. The van der Waals surface area contributed by atoms with Crippen LogP contribution in [0, 0.1) is 0 Å². The second-order valence-corrected chi connectivity index (χ2v) is 6.31. The van der Waals surface area contributed by atoms with Gasteiger partial charge in [0.2, 0.25) is 0 Å². The van der Waals surface area contributed by atoms with E-state index in [-0.39, 0.29) is 5.78 Å². The molecule has 2 aromatic carbocycles. The molecule has 0 saturated heterocycles. The highest BCUT2D eigenvalue weighted by Crippen LogP contribution is 2.39. The Bertz CT molecular complexity index is 807. The van der Waals surface area contributed by atoms with Crippen LogP contribution in [0.3, 0.4) is 0 Å². The van der Waals surface area contributed by atoms with Crippen LogP contribution in [0.5, 0.6) is 0 Å². The van der Waals surface area contributed by atoms with Crippen molar-refractivity contribution in [3.63, 3.8) is 0 Å². The number of carbonyl (C=O) groups is 1. The lowest BCUT2D eigenvalue weighted by molar-refractivity contribution is -0.112. The molecule has 0 spiro atoms. The molecule has 2 aromatic rings. The molecule has 0 bridgehead atoms. The molecule has 0 atom stereocenters. The van der Waals surface area contributed by atoms with Crippen LogP contribution in [0.4, 0.5) is 0 Å². The van der Waals surface area contributed by atoms with Crippen LogP contribution in [-0.2, 0) is 4.79 Å². The van der Waals surface area contributed by atoms with Crippen LogP contribution in [0.1, 0.15) is 38.8 Å². The zero-order chi connectivity index (χ0) is 17.3. The van der Waals surface area contributed by atoms with Gasteiger partial charge >= 0.3 is 0 Å². The van der Waals surface area contributed by atoms with Gasteiger partial charge in [0, 0.05) is 11.1 Å². The Morgan fingerprint density at radius 3 is 1.33 bits per heavy atom. The number of Topliss-reactive ketones (excluding diaryl/α,β-unsaturated/α-hetero) is 1. The van der Waals surface area contributed by atoms with Crippen LogP contribution in [0.2, 0.25) is 0 Å². The first-order chi connectivity index (χ1) is 11.5. The molecular weight excluding hydrogens is 292 g/mol. The first-order valence-electron chi connectivity index (χ1n) is 8.28. The van der Waals surface area contributed by atoms with Crippen molar-refractivity contribution < 1.29 is 4.79 Å². The summed E-state index contributed by atoms with van der Waals surface area (Å²) in [5, 5.41) is 0. The summed E-state index contributed by atoms with van der Waals surface area (Å²) < 4.78 is 0. The fourth-order valence-electron chi connectivity index (χ4n) is 3.32. The quantitative estimate of drug-likeness (QED) is 0.690. The molecule has 1 heteroatoms. The van der Waals surface area contributed by atoms with Gasteiger partial charge in [0.1, 0.15) is 0 Å². The van der Waals surface area contributed by atoms with Crippen molar-refractivity contribution in [3.05, 3.63) is 99.7 Å². The van der Waals surface area contributed by atoms with E-state index in [0.717, 1.165) is 22.3 Å². The summed E-state index contributed by atoms with van der Waals surface area (Å²) in [6.45, 7) is 7.98. The normalized spacial score (nSPS) is 15.2. The summed E-state index contributed by atoms with van der Waals surface area (Å²) in [5.74, 6) is 0.161. The first kappa shape index (κ1) is 16.2. The Morgan fingerprint density at radius 2 is 0.958 bits per heavy atom. The van der Waals surface area contributed by atoms with E-state index in [1.807, 2.05) is 26.0 Å². The molecular formula is C23H22O. The molecule has 0 fully saturated rings. The Kier molecular flexibility index (Phi) is 4.35. The summed E-state index contributed by atoms with van der Waals surface area (Å²) in [4.78, 5) is 12.4. The second kappa shape index (κ2) is 6.45. The van der Waals surface area contributed by atoms with Crippen molar-refractivity contribution >= 4 is 11.4 Å². The smallest absolute Gasteiger partial charge is 0.184 e. The third kappa shape index (κ3) is 2.67. The fourth-order valence-corrected chi connectivity index (χ4v) is 3.32. The molecule has 0 amide bonds. The van der Waals surface area contributed by atoms with Gasteiger partial charge in [0.15, 0.2) is 5.78 Å². The Labute approximate surface area is 144 Å². The number of benzene rings is 2. The van der Waals surface area contributed by atoms with E-state index >= 15 is 0 Å². The topological polar surface area (TPSA) is 17.1 Å². The number of rotatable bonds is 2. The molecule has 0 N–H and O–H groups in total. The lowest BCUT2D eigenvalue weighted by Gasteiger charge is -2.25. The minimum atomic E-state index is 0.161. The van der Waals surface area contributed by atoms with Crippen molar-refractivity contribution in [2.75, 3.05) is 0 Å². The Balaban J connectivity index is 2.41. The SMILES string of the molecule is CC1=C(C)C(=C(c2ccccc2)c2ccccc2)C(C)=C(C)C1=O. The van der Waals surface area contributed by atoms with E-state index in [1.165, 1.54) is 22.3 Å². The summed E-state index contributed by atoms with van der Waals surface area (Å²) >= 11 is 0. The first-order valence-corrected chi connectivity index (χ1v) is 8.28. The van der Waals surface area contributed by atoms with E-state index in [1.54, 1.807) is 0 Å². The van der Waals surface area contributed by atoms with Gasteiger partial charge in [-0.3, -0.25) is 4.79 Å². The minimum absolute atomic E-state index is 0.161. The van der Waals surface area contributed by atoms with E-state index in [4.69, 9.17) is 0 Å².